The minimum Gasteiger partial charge on any atom is -0.483 e. The van der Waals surface area contributed by atoms with Crippen molar-refractivity contribution in [3.05, 3.63) is 29.3 Å². The number of likely N-dealkylation sites (tertiary alicyclic amines) is 1. The highest BCUT2D eigenvalue weighted by Crippen LogP contribution is 2.54. The number of hydrogen-bond donors (Lipinski definition) is 1. The van der Waals surface area contributed by atoms with Crippen molar-refractivity contribution in [3.63, 3.8) is 0 Å². The Morgan fingerprint density at radius 3 is 3.08 bits per heavy atom. The van der Waals surface area contributed by atoms with Crippen LogP contribution in [0.15, 0.2) is 18.2 Å². The number of benzene rings is 1. The van der Waals surface area contributed by atoms with Gasteiger partial charge >= 0.3 is 0 Å². The molecule has 1 amide bonds. The van der Waals surface area contributed by atoms with Gasteiger partial charge in [-0.1, -0.05) is 12.1 Å². The predicted molar refractivity (Wildman–Crippen MR) is 88.9 cm³/mol. The Bertz CT molecular complexity index is 661. The molecular formula is C19H25NO4. The lowest BCUT2D eigenvalue weighted by molar-refractivity contribution is -0.134. The Kier molecular flexibility index (Phi) is 3.81. The molecule has 0 aliphatic carbocycles. The summed E-state index contributed by atoms with van der Waals surface area (Å²) in [5, 5.41) is 9.66. The molecule has 3 aliphatic rings. The van der Waals surface area contributed by atoms with Crippen molar-refractivity contribution in [3.8, 4) is 5.75 Å². The van der Waals surface area contributed by atoms with Crippen LogP contribution in [0.3, 0.4) is 0 Å². The first-order valence-electron chi connectivity index (χ1n) is 8.79. The van der Waals surface area contributed by atoms with Crippen LogP contribution in [0.2, 0.25) is 0 Å². The fourth-order valence-corrected chi connectivity index (χ4v) is 4.74. The summed E-state index contributed by atoms with van der Waals surface area (Å²) in [4.78, 5) is 14.5. The maximum absolute atomic E-state index is 12.6. The number of aliphatic hydroxyl groups is 1. The number of aryl methyl sites for hydroxylation is 1. The van der Waals surface area contributed by atoms with E-state index in [1.54, 1.807) is 0 Å². The molecule has 3 heterocycles. The maximum Gasteiger partial charge on any atom is 0.260 e. The second-order valence-corrected chi connectivity index (χ2v) is 7.47. The van der Waals surface area contributed by atoms with Crippen LogP contribution in [-0.4, -0.2) is 53.9 Å². The highest BCUT2D eigenvalue weighted by Gasteiger charge is 2.63. The molecule has 24 heavy (non-hydrogen) atoms. The molecule has 5 heteroatoms. The van der Waals surface area contributed by atoms with Crippen molar-refractivity contribution in [2.24, 2.45) is 11.8 Å². The Morgan fingerprint density at radius 1 is 1.46 bits per heavy atom. The fourth-order valence-electron chi connectivity index (χ4n) is 4.74. The molecule has 1 aromatic rings. The maximum atomic E-state index is 12.6. The topological polar surface area (TPSA) is 59.0 Å². The lowest BCUT2D eigenvalue weighted by Gasteiger charge is -2.27. The first kappa shape index (κ1) is 15.9. The third-order valence-corrected chi connectivity index (χ3v) is 6.25. The van der Waals surface area contributed by atoms with Crippen LogP contribution in [-0.2, 0) is 9.53 Å². The molecule has 4 rings (SSSR count). The number of aliphatic hydroxyl groups excluding tert-OH is 1. The van der Waals surface area contributed by atoms with Gasteiger partial charge in [0.05, 0.1) is 18.2 Å². The second kappa shape index (κ2) is 5.74. The lowest BCUT2D eigenvalue weighted by atomic mass is 9.74. The average molecular weight is 331 g/mol. The number of carbonyl (C=O) groups is 1. The van der Waals surface area contributed by atoms with E-state index in [0.29, 0.717) is 13.1 Å². The van der Waals surface area contributed by atoms with Crippen molar-refractivity contribution in [2.45, 2.75) is 38.4 Å². The minimum absolute atomic E-state index is 0.00317. The van der Waals surface area contributed by atoms with Gasteiger partial charge in [-0.25, -0.2) is 0 Å². The summed E-state index contributed by atoms with van der Waals surface area (Å²) in [7, 11) is 0. The molecule has 3 aliphatic heterocycles. The molecular weight excluding hydrogens is 306 g/mol. The summed E-state index contributed by atoms with van der Waals surface area (Å²) in [5.74, 6) is 1.22. The zero-order valence-corrected chi connectivity index (χ0v) is 14.3. The molecule has 1 N–H and O–H groups in total. The number of nitrogens with zero attached hydrogens (tertiary/aromatic N) is 1. The fraction of sp³-hybridized carbons (Fsp3) is 0.632. The first-order chi connectivity index (χ1) is 11.5. The predicted octanol–water partition coefficient (Wildman–Crippen LogP) is 1.68. The third kappa shape index (κ3) is 2.33. The zero-order chi connectivity index (χ0) is 16.9. The number of carbonyl (C=O) groups excluding carboxylic acids is 1. The number of amides is 1. The highest BCUT2D eigenvalue weighted by molar-refractivity contribution is 5.78. The largest absolute Gasteiger partial charge is 0.483 e. The van der Waals surface area contributed by atoms with Gasteiger partial charge in [0.2, 0.25) is 0 Å². The molecule has 3 saturated heterocycles. The van der Waals surface area contributed by atoms with Crippen molar-refractivity contribution in [2.75, 3.05) is 26.3 Å². The summed E-state index contributed by atoms with van der Waals surface area (Å²) < 4.78 is 11.9. The number of rotatable bonds is 4. The van der Waals surface area contributed by atoms with Crippen LogP contribution >= 0.6 is 0 Å². The van der Waals surface area contributed by atoms with E-state index in [4.69, 9.17) is 9.47 Å². The lowest BCUT2D eigenvalue weighted by Crippen LogP contribution is -2.38. The van der Waals surface area contributed by atoms with Gasteiger partial charge in [0.15, 0.2) is 6.61 Å². The van der Waals surface area contributed by atoms with Crippen LogP contribution in [0.5, 0.6) is 5.75 Å². The SMILES string of the molecule is Cc1cccc(OCC(=O)N2C[C@@H]3[C@H](CO)[C@H]4CC[C@]3(C2)O4)c1C. The van der Waals surface area contributed by atoms with Crippen molar-refractivity contribution >= 4 is 5.91 Å². The first-order valence-corrected chi connectivity index (χ1v) is 8.79. The Labute approximate surface area is 142 Å². The van der Waals surface area contributed by atoms with Crippen LogP contribution < -0.4 is 4.74 Å². The van der Waals surface area contributed by atoms with Crippen LogP contribution in [0.25, 0.3) is 0 Å². The van der Waals surface area contributed by atoms with E-state index in [9.17, 15) is 9.90 Å². The molecule has 3 fully saturated rings. The average Bonchev–Trinajstić information content (AvgIpc) is 3.23. The van der Waals surface area contributed by atoms with E-state index >= 15 is 0 Å². The van der Waals surface area contributed by atoms with Gasteiger partial charge in [-0.15, -0.1) is 0 Å². The van der Waals surface area contributed by atoms with Gasteiger partial charge in [0.1, 0.15) is 5.75 Å². The van der Waals surface area contributed by atoms with Gasteiger partial charge in [-0.3, -0.25) is 4.79 Å². The van der Waals surface area contributed by atoms with E-state index in [2.05, 4.69) is 0 Å². The van der Waals surface area contributed by atoms with Gasteiger partial charge in [-0.05, 0) is 43.9 Å². The summed E-state index contributed by atoms with van der Waals surface area (Å²) in [6, 6.07) is 5.88. The van der Waals surface area contributed by atoms with E-state index in [-0.39, 0.29) is 42.7 Å². The van der Waals surface area contributed by atoms with Gasteiger partial charge in [0.25, 0.3) is 5.91 Å². The Morgan fingerprint density at radius 2 is 2.29 bits per heavy atom. The van der Waals surface area contributed by atoms with Gasteiger partial charge in [-0.2, -0.15) is 0 Å². The van der Waals surface area contributed by atoms with Crippen LogP contribution in [0, 0.1) is 25.7 Å². The molecule has 0 aromatic heterocycles. The van der Waals surface area contributed by atoms with Crippen molar-refractivity contribution in [1.29, 1.82) is 0 Å². The van der Waals surface area contributed by atoms with E-state index in [0.717, 1.165) is 29.7 Å². The number of hydrogen-bond acceptors (Lipinski definition) is 4. The monoisotopic (exact) mass is 331 g/mol. The molecule has 0 saturated carbocycles. The van der Waals surface area contributed by atoms with E-state index < -0.39 is 0 Å². The van der Waals surface area contributed by atoms with Gasteiger partial charge < -0.3 is 19.5 Å². The normalized spacial score (nSPS) is 33.8. The summed E-state index contributed by atoms with van der Waals surface area (Å²) >= 11 is 0. The molecule has 2 bridgehead atoms. The Hall–Kier alpha value is -1.59. The standard InChI is InChI=1S/C19H25NO4/c1-12-4-3-5-16(13(12)2)23-10-18(22)20-8-15-14(9-21)17-6-7-19(15,11-20)24-17/h3-5,14-15,17,21H,6-11H2,1-2H3/t14-,15+,17+,19+/m0/s1. The molecule has 1 spiro atoms. The Balaban J connectivity index is 1.41. The summed E-state index contributed by atoms with van der Waals surface area (Å²) in [6.07, 6.45) is 2.19. The second-order valence-electron chi connectivity index (χ2n) is 7.47. The van der Waals surface area contributed by atoms with E-state index in [1.165, 1.54) is 0 Å². The summed E-state index contributed by atoms with van der Waals surface area (Å²) in [5.41, 5.74) is 2.02. The zero-order valence-electron chi connectivity index (χ0n) is 14.3. The number of fused-ring (bicyclic) bond motifs is 1. The quantitative estimate of drug-likeness (QED) is 0.912. The molecule has 130 valence electrons. The molecule has 4 atom stereocenters. The third-order valence-electron chi connectivity index (χ3n) is 6.25. The number of ether oxygens (including phenoxy) is 2. The van der Waals surface area contributed by atoms with Crippen LogP contribution in [0.1, 0.15) is 24.0 Å². The molecule has 0 radical (unpaired) electrons. The highest BCUT2D eigenvalue weighted by atomic mass is 16.5. The van der Waals surface area contributed by atoms with E-state index in [1.807, 2.05) is 36.9 Å². The van der Waals surface area contributed by atoms with Gasteiger partial charge in [0, 0.05) is 25.0 Å². The van der Waals surface area contributed by atoms with Crippen molar-refractivity contribution < 1.29 is 19.4 Å². The molecule has 1 aromatic carbocycles. The summed E-state index contributed by atoms with van der Waals surface area (Å²) in [6.45, 7) is 5.56. The smallest absolute Gasteiger partial charge is 0.260 e. The van der Waals surface area contributed by atoms with Crippen LogP contribution in [0.4, 0.5) is 0 Å². The molecule has 0 unspecified atom stereocenters. The van der Waals surface area contributed by atoms with Crippen molar-refractivity contribution in [1.82, 2.24) is 4.90 Å². The minimum atomic E-state index is -0.215. The molecule has 5 nitrogen and oxygen atoms in total.